The Morgan fingerprint density at radius 1 is 1.28 bits per heavy atom. The molecule has 1 rings (SSSR count). The first-order valence-electron chi connectivity index (χ1n) is 7.53. The summed E-state index contributed by atoms with van der Waals surface area (Å²) in [6, 6.07) is 0.0569. The molecule has 1 aliphatic heterocycles. The van der Waals surface area contributed by atoms with Crippen LogP contribution in [0.15, 0.2) is 0 Å². The summed E-state index contributed by atoms with van der Waals surface area (Å²) >= 11 is 0. The summed E-state index contributed by atoms with van der Waals surface area (Å²) in [5.41, 5.74) is 0. The van der Waals surface area contributed by atoms with Crippen molar-refractivity contribution in [1.29, 1.82) is 0 Å². The molecule has 3 heteroatoms. The summed E-state index contributed by atoms with van der Waals surface area (Å²) in [6.07, 6.45) is 4.58. The van der Waals surface area contributed by atoms with Gasteiger partial charge >= 0.3 is 0 Å². The lowest BCUT2D eigenvalue weighted by atomic mass is 10.1. The second kappa shape index (κ2) is 7.13. The van der Waals surface area contributed by atoms with E-state index < -0.39 is 0 Å². The van der Waals surface area contributed by atoms with Gasteiger partial charge in [0.25, 0.3) is 0 Å². The van der Waals surface area contributed by atoms with Crippen molar-refractivity contribution in [2.75, 3.05) is 6.54 Å². The summed E-state index contributed by atoms with van der Waals surface area (Å²) in [6.45, 7) is 11.9. The van der Waals surface area contributed by atoms with Crippen LogP contribution < -0.4 is 5.32 Å². The summed E-state index contributed by atoms with van der Waals surface area (Å²) in [7, 11) is 0. The molecule has 0 bridgehead atoms. The quantitative estimate of drug-likeness (QED) is 0.757. The normalized spacial score (nSPS) is 24.6. The highest BCUT2D eigenvalue weighted by Gasteiger charge is 2.38. The number of rotatable bonds is 7. The number of amides is 1. The molecule has 1 amide bonds. The molecule has 3 nitrogen and oxygen atoms in total. The van der Waals surface area contributed by atoms with Crippen LogP contribution in [-0.2, 0) is 4.79 Å². The first-order chi connectivity index (χ1) is 8.47. The molecule has 1 aliphatic rings. The zero-order valence-electron chi connectivity index (χ0n) is 12.7. The number of carbonyl (C=O) groups excluding carboxylic acids is 1. The number of nitrogens with zero attached hydrogens (tertiary/aromatic N) is 1. The number of hydrogen-bond donors (Lipinski definition) is 1. The zero-order chi connectivity index (χ0) is 13.7. The van der Waals surface area contributed by atoms with Crippen LogP contribution in [0.3, 0.4) is 0 Å². The van der Waals surface area contributed by atoms with E-state index in [0.717, 1.165) is 31.7 Å². The van der Waals surface area contributed by atoms with E-state index in [1.54, 1.807) is 0 Å². The minimum Gasteiger partial charge on any atom is -0.326 e. The van der Waals surface area contributed by atoms with Crippen LogP contribution >= 0.6 is 0 Å². The number of carbonyl (C=O) groups is 1. The number of nitrogens with one attached hydrogen (secondary N) is 1. The fourth-order valence-electron chi connectivity index (χ4n) is 2.67. The predicted molar refractivity (Wildman–Crippen MR) is 76.2 cm³/mol. The number of hydrogen-bond acceptors (Lipinski definition) is 2. The summed E-state index contributed by atoms with van der Waals surface area (Å²) in [4.78, 5) is 14.4. The van der Waals surface area contributed by atoms with Gasteiger partial charge < -0.3 is 4.90 Å². The SMILES string of the molecule is CCCC1NC(C(C)C)N(CCCC(C)C)C1=O. The molecule has 0 aromatic carbocycles. The molecule has 0 aliphatic carbocycles. The first-order valence-corrected chi connectivity index (χ1v) is 7.53. The molecule has 0 radical (unpaired) electrons. The lowest BCUT2D eigenvalue weighted by Crippen LogP contribution is -2.42. The van der Waals surface area contributed by atoms with Crippen LogP contribution in [0.2, 0.25) is 0 Å². The van der Waals surface area contributed by atoms with E-state index in [1.807, 2.05) is 0 Å². The van der Waals surface area contributed by atoms with Crippen LogP contribution in [0.4, 0.5) is 0 Å². The van der Waals surface area contributed by atoms with Gasteiger partial charge in [-0.15, -0.1) is 0 Å². The van der Waals surface area contributed by atoms with Gasteiger partial charge in [0.1, 0.15) is 0 Å². The Kier molecular flexibility index (Phi) is 6.13. The van der Waals surface area contributed by atoms with E-state index >= 15 is 0 Å². The van der Waals surface area contributed by atoms with Gasteiger partial charge in [0.05, 0.1) is 12.2 Å². The smallest absolute Gasteiger partial charge is 0.241 e. The summed E-state index contributed by atoms with van der Waals surface area (Å²) in [5, 5.41) is 3.51. The molecule has 1 heterocycles. The van der Waals surface area contributed by atoms with Crippen molar-refractivity contribution in [3.63, 3.8) is 0 Å². The van der Waals surface area contributed by atoms with Gasteiger partial charge in [0.2, 0.25) is 5.91 Å². The molecule has 2 atom stereocenters. The third kappa shape index (κ3) is 3.98. The molecule has 1 saturated heterocycles. The summed E-state index contributed by atoms with van der Waals surface area (Å²) < 4.78 is 0. The van der Waals surface area contributed by atoms with Gasteiger partial charge in [-0.3, -0.25) is 10.1 Å². The van der Waals surface area contributed by atoms with E-state index in [9.17, 15) is 4.79 Å². The van der Waals surface area contributed by atoms with Gasteiger partial charge in [-0.1, -0.05) is 41.0 Å². The molecule has 2 unspecified atom stereocenters. The average molecular weight is 254 g/mol. The fraction of sp³-hybridized carbons (Fsp3) is 0.933. The monoisotopic (exact) mass is 254 g/mol. The molecule has 0 aromatic heterocycles. The fourth-order valence-corrected chi connectivity index (χ4v) is 2.67. The van der Waals surface area contributed by atoms with Crippen LogP contribution in [0.5, 0.6) is 0 Å². The second-order valence-corrected chi connectivity index (χ2v) is 6.26. The Morgan fingerprint density at radius 3 is 2.44 bits per heavy atom. The topological polar surface area (TPSA) is 32.3 Å². The standard InChI is InChI=1S/C15H30N2O/c1-6-8-13-15(18)17(10-7-9-11(2)3)14(16-13)12(4)5/h11-14,16H,6-10H2,1-5H3. The molecule has 1 fully saturated rings. The van der Waals surface area contributed by atoms with Crippen LogP contribution in [0.1, 0.15) is 60.3 Å². The van der Waals surface area contributed by atoms with Crippen molar-refractivity contribution in [2.45, 2.75) is 72.5 Å². The first kappa shape index (κ1) is 15.5. The maximum absolute atomic E-state index is 12.3. The third-order valence-corrected chi connectivity index (χ3v) is 3.68. The highest BCUT2D eigenvalue weighted by atomic mass is 16.2. The highest BCUT2D eigenvalue weighted by molar-refractivity contribution is 5.84. The van der Waals surface area contributed by atoms with Gasteiger partial charge in [0.15, 0.2) is 0 Å². The van der Waals surface area contributed by atoms with E-state index in [2.05, 4.69) is 44.8 Å². The van der Waals surface area contributed by atoms with Crippen molar-refractivity contribution in [3.8, 4) is 0 Å². The van der Waals surface area contributed by atoms with Gasteiger partial charge in [0, 0.05) is 6.54 Å². The molecule has 0 spiro atoms. The van der Waals surface area contributed by atoms with E-state index in [0.29, 0.717) is 11.8 Å². The Hall–Kier alpha value is -0.570. The van der Waals surface area contributed by atoms with Gasteiger partial charge in [-0.25, -0.2) is 0 Å². The van der Waals surface area contributed by atoms with Gasteiger partial charge in [-0.2, -0.15) is 0 Å². The maximum atomic E-state index is 12.3. The Bertz CT molecular complexity index is 263. The molecule has 18 heavy (non-hydrogen) atoms. The molecule has 106 valence electrons. The highest BCUT2D eigenvalue weighted by Crippen LogP contribution is 2.21. The van der Waals surface area contributed by atoms with Crippen molar-refractivity contribution < 1.29 is 4.79 Å². The average Bonchev–Trinajstić information content (AvgIpc) is 2.58. The van der Waals surface area contributed by atoms with Crippen molar-refractivity contribution in [1.82, 2.24) is 10.2 Å². The van der Waals surface area contributed by atoms with E-state index in [1.165, 1.54) is 6.42 Å². The van der Waals surface area contributed by atoms with Crippen LogP contribution in [0.25, 0.3) is 0 Å². The van der Waals surface area contributed by atoms with Crippen LogP contribution in [-0.4, -0.2) is 29.6 Å². The Labute approximate surface area is 112 Å². The van der Waals surface area contributed by atoms with E-state index in [-0.39, 0.29) is 12.2 Å². The second-order valence-electron chi connectivity index (χ2n) is 6.26. The minimum atomic E-state index is 0.0569. The summed E-state index contributed by atoms with van der Waals surface area (Å²) in [5.74, 6) is 1.52. The lowest BCUT2D eigenvalue weighted by Gasteiger charge is -2.27. The molecular weight excluding hydrogens is 224 g/mol. The van der Waals surface area contributed by atoms with Crippen LogP contribution in [0, 0.1) is 11.8 Å². The Morgan fingerprint density at radius 2 is 1.94 bits per heavy atom. The maximum Gasteiger partial charge on any atom is 0.241 e. The third-order valence-electron chi connectivity index (χ3n) is 3.68. The molecular formula is C15H30N2O. The van der Waals surface area contributed by atoms with Crippen molar-refractivity contribution in [3.05, 3.63) is 0 Å². The largest absolute Gasteiger partial charge is 0.326 e. The van der Waals surface area contributed by atoms with Crippen molar-refractivity contribution in [2.24, 2.45) is 11.8 Å². The lowest BCUT2D eigenvalue weighted by molar-refractivity contribution is -0.130. The van der Waals surface area contributed by atoms with Gasteiger partial charge in [-0.05, 0) is 31.1 Å². The minimum absolute atomic E-state index is 0.0569. The molecule has 1 N–H and O–H groups in total. The van der Waals surface area contributed by atoms with E-state index in [4.69, 9.17) is 0 Å². The molecule has 0 aromatic rings. The molecule has 0 saturated carbocycles. The Balaban J connectivity index is 2.57. The zero-order valence-corrected chi connectivity index (χ0v) is 12.7. The predicted octanol–water partition coefficient (Wildman–Crippen LogP) is 3.01. The van der Waals surface area contributed by atoms with Crippen molar-refractivity contribution >= 4 is 5.91 Å².